The molecule has 5 atom stereocenters. The summed E-state index contributed by atoms with van der Waals surface area (Å²) in [5, 5.41) is 1.34. The Bertz CT molecular complexity index is 754. The SMILES string of the molecule is COCC(C)C1CC2c3[nH]c4ccc(OC)cc4c3CCN(C1)C2C. The number of aromatic amines is 1. The first-order valence-electron chi connectivity index (χ1n) is 9.53. The number of rotatable bonds is 4. The zero-order valence-electron chi connectivity index (χ0n) is 15.8. The first-order chi connectivity index (χ1) is 12.1. The Morgan fingerprint density at radius 2 is 2.16 bits per heavy atom. The van der Waals surface area contributed by atoms with E-state index in [-0.39, 0.29) is 0 Å². The van der Waals surface area contributed by atoms with Gasteiger partial charge in [-0.25, -0.2) is 0 Å². The normalized spacial score (nSPS) is 29.9. The first kappa shape index (κ1) is 16.9. The molecule has 0 aliphatic carbocycles. The molecule has 1 saturated heterocycles. The monoisotopic (exact) mass is 342 g/mol. The second-order valence-electron chi connectivity index (χ2n) is 7.95. The molecule has 0 spiro atoms. The summed E-state index contributed by atoms with van der Waals surface area (Å²) in [6, 6.07) is 7.02. The van der Waals surface area contributed by atoms with Crippen molar-refractivity contribution in [2.45, 2.75) is 38.6 Å². The summed E-state index contributed by atoms with van der Waals surface area (Å²) < 4.78 is 10.9. The number of benzene rings is 1. The molecule has 0 radical (unpaired) electrons. The number of nitrogens with one attached hydrogen (secondary N) is 1. The highest BCUT2D eigenvalue weighted by Crippen LogP contribution is 2.43. The highest BCUT2D eigenvalue weighted by Gasteiger charge is 2.40. The molecule has 2 aliphatic rings. The van der Waals surface area contributed by atoms with Crippen molar-refractivity contribution in [3.63, 3.8) is 0 Å². The molecule has 2 aliphatic heterocycles. The van der Waals surface area contributed by atoms with Crippen LogP contribution in [0.15, 0.2) is 18.2 Å². The van der Waals surface area contributed by atoms with Gasteiger partial charge in [0.05, 0.1) is 7.11 Å². The van der Waals surface area contributed by atoms with Crippen molar-refractivity contribution in [2.24, 2.45) is 11.8 Å². The lowest BCUT2D eigenvalue weighted by Gasteiger charge is -2.43. The summed E-state index contributed by atoms with van der Waals surface area (Å²) in [4.78, 5) is 6.47. The molecule has 3 heterocycles. The van der Waals surface area contributed by atoms with Crippen LogP contribution in [0, 0.1) is 11.8 Å². The van der Waals surface area contributed by atoms with Crippen molar-refractivity contribution in [1.29, 1.82) is 0 Å². The lowest BCUT2D eigenvalue weighted by Crippen LogP contribution is -2.47. The van der Waals surface area contributed by atoms with E-state index in [2.05, 4.69) is 41.9 Å². The summed E-state index contributed by atoms with van der Waals surface area (Å²) in [6.45, 7) is 7.95. The predicted molar refractivity (Wildman–Crippen MR) is 101 cm³/mol. The van der Waals surface area contributed by atoms with E-state index in [0.29, 0.717) is 23.8 Å². The van der Waals surface area contributed by atoms with E-state index in [0.717, 1.165) is 25.3 Å². The summed E-state index contributed by atoms with van der Waals surface area (Å²) in [5.41, 5.74) is 4.22. The van der Waals surface area contributed by atoms with E-state index in [9.17, 15) is 0 Å². The van der Waals surface area contributed by atoms with Gasteiger partial charge >= 0.3 is 0 Å². The molecule has 1 N–H and O–H groups in total. The zero-order chi connectivity index (χ0) is 17.6. The standard InChI is InChI=1S/C21H30N2O2/c1-13(12-24-3)15-9-18-14(2)23(11-15)8-7-17-19-10-16(25-4)5-6-20(19)22-21(17)18/h5-6,10,13-15,18,22H,7-9,11-12H2,1-4H3. The van der Waals surface area contributed by atoms with Crippen molar-refractivity contribution < 1.29 is 9.47 Å². The Hall–Kier alpha value is -1.52. The van der Waals surface area contributed by atoms with Crippen LogP contribution >= 0.6 is 0 Å². The van der Waals surface area contributed by atoms with Gasteiger partial charge in [0.2, 0.25) is 0 Å². The minimum atomic E-state index is 0.578. The lowest BCUT2D eigenvalue weighted by atomic mass is 9.77. The van der Waals surface area contributed by atoms with Gasteiger partial charge in [0.1, 0.15) is 5.75 Å². The number of hydrogen-bond acceptors (Lipinski definition) is 3. The van der Waals surface area contributed by atoms with Crippen LogP contribution in [0.3, 0.4) is 0 Å². The van der Waals surface area contributed by atoms with Crippen molar-refractivity contribution >= 4 is 10.9 Å². The number of H-pyrrole nitrogens is 1. The van der Waals surface area contributed by atoms with E-state index in [1.807, 2.05) is 7.11 Å². The van der Waals surface area contributed by atoms with Crippen molar-refractivity contribution in [2.75, 3.05) is 33.9 Å². The maximum atomic E-state index is 5.46. The van der Waals surface area contributed by atoms with Crippen LogP contribution in [0.25, 0.3) is 10.9 Å². The molecular formula is C21H30N2O2. The van der Waals surface area contributed by atoms with Crippen molar-refractivity contribution in [1.82, 2.24) is 9.88 Å². The van der Waals surface area contributed by atoms with E-state index in [4.69, 9.17) is 9.47 Å². The van der Waals surface area contributed by atoms with Crippen LogP contribution < -0.4 is 4.74 Å². The van der Waals surface area contributed by atoms with Crippen LogP contribution in [-0.2, 0) is 11.2 Å². The molecule has 2 bridgehead atoms. The zero-order valence-corrected chi connectivity index (χ0v) is 15.8. The van der Waals surface area contributed by atoms with E-state index in [1.54, 1.807) is 7.11 Å². The van der Waals surface area contributed by atoms with Gasteiger partial charge in [-0.2, -0.15) is 0 Å². The second-order valence-corrected chi connectivity index (χ2v) is 7.95. The van der Waals surface area contributed by atoms with Gasteiger partial charge in [0.25, 0.3) is 0 Å². The van der Waals surface area contributed by atoms with E-state index < -0.39 is 0 Å². The molecule has 4 rings (SSSR count). The average Bonchev–Trinajstić information content (AvgIpc) is 2.95. The molecule has 5 unspecified atom stereocenters. The first-order valence-corrected chi connectivity index (χ1v) is 9.53. The smallest absolute Gasteiger partial charge is 0.119 e. The van der Waals surface area contributed by atoms with Gasteiger partial charge in [-0.15, -0.1) is 0 Å². The molecule has 0 saturated carbocycles. The Morgan fingerprint density at radius 1 is 1.32 bits per heavy atom. The minimum absolute atomic E-state index is 0.578. The number of piperidine rings is 1. The third-order valence-electron chi connectivity index (χ3n) is 6.58. The Kier molecular flexibility index (Phi) is 4.50. The molecule has 0 amide bonds. The Balaban J connectivity index is 1.74. The van der Waals surface area contributed by atoms with E-state index in [1.165, 1.54) is 35.1 Å². The van der Waals surface area contributed by atoms with Gasteiger partial charge < -0.3 is 14.5 Å². The van der Waals surface area contributed by atoms with Crippen LogP contribution in [0.2, 0.25) is 0 Å². The predicted octanol–water partition coefficient (Wildman–Crippen LogP) is 3.81. The van der Waals surface area contributed by atoms with Gasteiger partial charge in [0, 0.05) is 55.4 Å². The van der Waals surface area contributed by atoms with Gasteiger partial charge in [-0.05, 0) is 55.4 Å². The number of aromatic nitrogens is 1. The number of fused-ring (bicyclic) bond motifs is 6. The molecular weight excluding hydrogens is 312 g/mol. The quantitative estimate of drug-likeness (QED) is 0.918. The molecule has 4 nitrogen and oxygen atoms in total. The van der Waals surface area contributed by atoms with Crippen LogP contribution in [-0.4, -0.2) is 49.8 Å². The fourth-order valence-corrected chi connectivity index (χ4v) is 5.00. The highest BCUT2D eigenvalue weighted by atomic mass is 16.5. The molecule has 25 heavy (non-hydrogen) atoms. The fourth-order valence-electron chi connectivity index (χ4n) is 5.00. The molecule has 1 fully saturated rings. The van der Waals surface area contributed by atoms with Gasteiger partial charge in [0.15, 0.2) is 0 Å². The summed E-state index contributed by atoms with van der Waals surface area (Å²) >= 11 is 0. The topological polar surface area (TPSA) is 37.5 Å². The van der Waals surface area contributed by atoms with Crippen molar-refractivity contribution in [3.05, 3.63) is 29.5 Å². The second kappa shape index (κ2) is 6.65. The highest BCUT2D eigenvalue weighted by molar-refractivity contribution is 5.86. The third kappa shape index (κ3) is 2.85. The molecule has 2 aromatic rings. The Labute approximate surface area is 150 Å². The summed E-state index contributed by atoms with van der Waals surface area (Å²) in [6.07, 6.45) is 2.37. The maximum Gasteiger partial charge on any atom is 0.119 e. The third-order valence-corrected chi connectivity index (χ3v) is 6.58. The number of ether oxygens (including phenoxy) is 2. The molecule has 1 aromatic carbocycles. The van der Waals surface area contributed by atoms with Crippen LogP contribution in [0.4, 0.5) is 0 Å². The lowest BCUT2D eigenvalue weighted by molar-refractivity contribution is 0.0488. The van der Waals surface area contributed by atoms with Crippen molar-refractivity contribution in [3.8, 4) is 5.75 Å². The average molecular weight is 342 g/mol. The number of hydrogen-bond donors (Lipinski definition) is 1. The number of nitrogens with zero attached hydrogens (tertiary/aromatic N) is 1. The maximum absolute atomic E-state index is 5.46. The largest absolute Gasteiger partial charge is 0.497 e. The molecule has 4 heteroatoms. The van der Waals surface area contributed by atoms with E-state index >= 15 is 0 Å². The summed E-state index contributed by atoms with van der Waals surface area (Å²) in [5.74, 6) is 2.83. The summed E-state index contributed by atoms with van der Waals surface area (Å²) in [7, 11) is 3.56. The van der Waals surface area contributed by atoms with Crippen LogP contribution in [0.1, 0.15) is 37.4 Å². The molecule has 136 valence electrons. The fraction of sp³-hybridized carbons (Fsp3) is 0.619. The Morgan fingerprint density at radius 3 is 2.92 bits per heavy atom. The number of methoxy groups -OCH3 is 2. The van der Waals surface area contributed by atoms with Gasteiger partial charge in [-0.3, -0.25) is 4.90 Å². The van der Waals surface area contributed by atoms with Gasteiger partial charge in [-0.1, -0.05) is 6.92 Å². The minimum Gasteiger partial charge on any atom is -0.497 e. The molecule has 1 aromatic heterocycles. The van der Waals surface area contributed by atoms with Crippen LogP contribution in [0.5, 0.6) is 5.75 Å².